The Labute approximate surface area is 115 Å². The van der Waals surface area contributed by atoms with Crippen LogP contribution in [-0.4, -0.2) is 22.0 Å². The van der Waals surface area contributed by atoms with Gasteiger partial charge in [-0.3, -0.25) is 4.98 Å². The van der Waals surface area contributed by atoms with Crippen LogP contribution >= 0.6 is 27.7 Å². The Bertz CT molecular complexity index is 366. The number of nitrogens with one attached hydrogen (secondary N) is 1. The van der Waals surface area contributed by atoms with Crippen LogP contribution in [-0.2, 0) is 0 Å². The second-order valence-electron chi connectivity index (χ2n) is 4.32. The number of halogens is 1. The second kappa shape index (κ2) is 5.96. The minimum Gasteiger partial charge on any atom is -0.396 e. The Balaban J connectivity index is 1.98. The SMILES string of the molecule is CCSC1CCC(Nc2c(N)cncc2Br)C1. The highest BCUT2D eigenvalue weighted by Crippen LogP contribution is 2.34. The van der Waals surface area contributed by atoms with Gasteiger partial charge in [0.1, 0.15) is 0 Å². The van der Waals surface area contributed by atoms with Crippen molar-refractivity contribution in [3.8, 4) is 0 Å². The van der Waals surface area contributed by atoms with Crippen molar-refractivity contribution in [2.24, 2.45) is 0 Å². The van der Waals surface area contributed by atoms with Gasteiger partial charge in [0.05, 0.1) is 22.0 Å². The molecule has 0 aromatic carbocycles. The highest BCUT2D eigenvalue weighted by molar-refractivity contribution is 9.10. The zero-order chi connectivity index (χ0) is 12.3. The van der Waals surface area contributed by atoms with Crippen LogP contribution in [0.4, 0.5) is 11.4 Å². The molecule has 1 heterocycles. The van der Waals surface area contributed by atoms with Crippen LogP contribution in [0.25, 0.3) is 0 Å². The molecular formula is C12H18BrN3S. The first-order chi connectivity index (χ1) is 8.20. The highest BCUT2D eigenvalue weighted by atomic mass is 79.9. The predicted molar refractivity (Wildman–Crippen MR) is 79.5 cm³/mol. The van der Waals surface area contributed by atoms with E-state index in [9.17, 15) is 0 Å². The van der Waals surface area contributed by atoms with E-state index in [1.165, 1.54) is 25.0 Å². The van der Waals surface area contributed by atoms with Crippen molar-refractivity contribution in [1.29, 1.82) is 0 Å². The molecule has 0 aliphatic heterocycles. The molecule has 0 spiro atoms. The van der Waals surface area contributed by atoms with Gasteiger partial charge < -0.3 is 11.1 Å². The van der Waals surface area contributed by atoms with Crippen molar-refractivity contribution < 1.29 is 0 Å². The van der Waals surface area contributed by atoms with Crippen LogP contribution in [0.3, 0.4) is 0 Å². The van der Waals surface area contributed by atoms with Crippen LogP contribution in [0.1, 0.15) is 26.2 Å². The van der Waals surface area contributed by atoms with Crippen LogP contribution in [0.5, 0.6) is 0 Å². The fourth-order valence-electron chi connectivity index (χ4n) is 2.26. The van der Waals surface area contributed by atoms with E-state index in [1.54, 1.807) is 12.4 Å². The summed E-state index contributed by atoms with van der Waals surface area (Å²) in [5.74, 6) is 1.21. The summed E-state index contributed by atoms with van der Waals surface area (Å²) in [5.41, 5.74) is 7.64. The van der Waals surface area contributed by atoms with E-state index in [0.717, 1.165) is 15.4 Å². The molecule has 94 valence electrons. The molecule has 0 amide bonds. The first kappa shape index (κ1) is 13.0. The lowest BCUT2D eigenvalue weighted by atomic mass is 10.2. The van der Waals surface area contributed by atoms with Gasteiger partial charge in [-0.25, -0.2) is 0 Å². The van der Waals surface area contributed by atoms with Crippen molar-refractivity contribution in [3.05, 3.63) is 16.9 Å². The first-order valence-electron chi connectivity index (χ1n) is 5.97. The van der Waals surface area contributed by atoms with Gasteiger partial charge in [0.2, 0.25) is 0 Å². The van der Waals surface area contributed by atoms with E-state index >= 15 is 0 Å². The van der Waals surface area contributed by atoms with Gasteiger partial charge in [0.15, 0.2) is 0 Å². The van der Waals surface area contributed by atoms with Crippen LogP contribution < -0.4 is 11.1 Å². The molecule has 1 aliphatic carbocycles. The fraction of sp³-hybridized carbons (Fsp3) is 0.583. The van der Waals surface area contributed by atoms with Crippen molar-refractivity contribution in [3.63, 3.8) is 0 Å². The fourth-order valence-corrected chi connectivity index (χ4v) is 3.87. The van der Waals surface area contributed by atoms with Crippen LogP contribution in [0.2, 0.25) is 0 Å². The van der Waals surface area contributed by atoms with E-state index in [2.05, 4.69) is 44.9 Å². The van der Waals surface area contributed by atoms with E-state index < -0.39 is 0 Å². The summed E-state index contributed by atoms with van der Waals surface area (Å²) in [6.45, 7) is 2.23. The average molecular weight is 316 g/mol. The maximum absolute atomic E-state index is 5.93. The summed E-state index contributed by atoms with van der Waals surface area (Å²) in [7, 11) is 0. The van der Waals surface area contributed by atoms with Gasteiger partial charge >= 0.3 is 0 Å². The van der Waals surface area contributed by atoms with E-state index in [1.807, 2.05) is 0 Å². The largest absolute Gasteiger partial charge is 0.396 e. The number of thioether (sulfide) groups is 1. The lowest BCUT2D eigenvalue weighted by molar-refractivity contribution is 0.756. The summed E-state index contributed by atoms with van der Waals surface area (Å²) in [6.07, 6.45) is 7.24. The number of nitrogen functional groups attached to an aromatic ring is 1. The number of anilines is 2. The number of aromatic nitrogens is 1. The van der Waals surface area contributed by atoms with Gasteiger partial charge in [-0.15, -0.1) is 0 Å². The summed E-state index contributed by atoms with van der Waals surface area (Å²) >= 11 is 5.56. The molecule has 3 N–H and O–H groups in total. The molecule has 1 aliphatic rings. The predicted octanol–water partition coefficient (Wildman–Crippen LogP) is 3.51. The lowest BCUT2D eigenvalue weighted by Crippen LogP contribution is -2.17. The summed E-state index contributed by atoms with van der Waals surface area (Å²) in [6, 6.07) is 0.542. The smallest absolute Gasteiger partial charge is 0.0752 e. The molecule has 1 aromatic rings. The van der Waals surface area contributed by atoms with Crippen molar-refractivity contribution in [2.45, 2.75) is 37.5 Å². The van der Waals surface area contributed by atoms with Gasteiger partial charge in [-0.2, -0.15) is 11.8 Å². The highest BCUT2D eigenvalue weighted by Gasteiger charge is 2.25. The molecule has 0 radical (unpaired) electrons. The third kappa shape index (κ3) is 3.28. The summed E-state index contributed by atoms with van der Waals surface area (Å²) < 4.78 is 0.948. The van der Waals surface area contributed by atoms with Crippen molar-refractivity contribution in [1.82, 2.24) is 4.98 Å². The molecule has 2 atom stereocenters. The number of hydrogen-bond acceptors (Lipinski definition) is 4. The standard InChI is InChI=1S/C12H18BrN3S/c1-2-17-9-4-3-8(5-9)16-12-10(13)6-15-7-11(12)14/h6-9H,2-5,14H2,1H3,(H,15,16). The minimum atomic E-state index is 0.542. The number of nitrogens with zero attached hydrogens (tertiary/aromatic N) is 1. The molecule has 1 saturated carbocycles. The molecule has 0 bridgehead atoms. The monoisotopic (exact) mass is 315 g/mol. The minimum absolute atomic E-state index is 0.542. The molecule has 17 heavy (non-hydrogen) atoms. The normalized spacial score (nSPS) is 23.9. The van der Waals surface area contributed by atoms with Crippen molar-refractivity contribution in [2.75, 3.05) is 16.8 Å². The van der Waals surface area contributed by atoms with Gasteiger partial charge in [-0.05, 0) is 40.9 Å². The number of nitrogens with two attached hydrogens (primary N) is 1. The third-order valence-electron chi connectivity index (χ3n) is 3.06. The molecule has 5 heteroatoms. The third-order valence-corrected chi connectivity index (χ3v) is 4.90. The van der Waals surface area contributed by atoms with E-state index in [-0.39, 0.29) is 0 Å². The zero-order valence-electron chi connectivity index (χ0n) is 9.95. The van der Waals surface area contributed by atoms with E-state index in [4.69, 9.17) is 5.73 Å². The lowest BCUT2D eigenvalue weighted by Gasteiger charge is -2.17. The summed E-state index contributed by atoms with van der Waals surface area (Å²) in [4.78, 5) is 4.05. The summed E-state index contributed by atoms with van der Waals surface area (Å²) in [5, 5.41) is 4.35. The van der Waals surface area contributed by atoms with Gasteiger partial charge in [0.25, 0.3) is 0 Å². The topological polar surface area (TPSA) is 50.9 Å². The van der Waals surface area contributed by atoms with Gasteiger partial charge in [-0.1, -0.05) is 6.92 Å². The average Bonchev–Trinajstić information content (AvgIpc) is 2.72. The molecule has 3 nitrogen and oxygen atoms in total. The Kier molecular flexibility index (Phi) is 4.56. The van der Waals surface area contributed by atoms with Crippen molar-refractivity contribution >= 4 is 39.1 Å². The van der Waals surface area contributed by atoms with Gasteiger partial charge in [0, 0.05) is 17.5 Å². The Morgan fingerprint density at radius 1 is 1.53 bits per heavy atom. The number of pyridine rings is 1. The quantitative estimate of drug-likeness (QED) is 0.892. The molecule has 1 fully saturated rings. The Morgan fingerprint density at radius 2 is 2.35 bits per heavy atom. The number of rotatable bonds is 4. The first-order valence-corrected chi connectivity index (χ1v) is 7.82. The number of hydrogen-bond donors (Lipinski definition) is 2. The Hall–Kier alpha value is -0.420. The molecule has 2 rings (SSSR count). The molecule has 1 aromatic heterocycles. The van der Waals surface area contributed by atoms with Crippen LogP contribution in [0, 0.1) is 0 Å². The molecule has 0 saturated heterocycles. The Morgan fingerprint density at radius 3 is 3.06 bits per heavy atom. The second-order valence-corrected chi connectivity index (χ2v) is 6.75. The van der Waals surface area contributed by atoms with E-state index in [0.29, 0.717) is 11.7 Å². The zero-order valence-corrected chi connectivity index (χ0v) is 12.4. The molecule has 2 unspecified atom stereocenters. The molecular weight excluding hydrogens is 298 g/mol. The maximum atomic E-state index is 5.93. The maximum Gasteiger partial charge on any atom is 0.0752 e. The van der Waals surface area contributed by atoms with Crippen LogP contribution in [0.15, 0.2) is 16.9 Å².